The molecule has 0 saturated carbocycles. The second kappa shape index (κ2) is 5.84. The van der Waals surface area contributed by atoms with Crippen molar-refractivity contribution in [2.45, 2.75) is 39.0 Å². The molecule has 0 saturated heterocycles. The molecule has 1 atom stereocenters. The van der Waals surface area contributed by atoms with Crippen molar-refractivity contribution in [3.05, 3.63) is 29.3 Å². The lowest BCUT2D eigenvalue weighted by atomic mass is 10.0. The molecule has 0 fully saturated rings. The lowest BCUT2D eigenvalue weighted by molar-refractivity contribution is -0.143. The number of anilines is 1. The van der Waals surface area contributed by atoms with Crippen molar-refractivity contribution < 1.29 is 24.3 Å². The molecule has 120 valence electrons. The van der Waals surface area contributed by atoms with Crippen molar-refractivity contribution in [3.63, 3.8) is 0 Å². The molecule has 1 aromatic rings. The van der Waals surface area contributed by atoms with Crippen LogP contribution in [0.5, 0.6) is 0 Å². The molecule has 1 aromatic carbocycles. The summed E-state index contributed by atoms with van der Waals surface area (Å²) in [6.07, 6.45) is -0.641. The highest BCUT2D eigenvalue weighted by Crippen LogP contribution is 2.36. The molecule has 7 heteroatoms. The Morgan fingerprint density at radius 1 is 1.36 bits per heavy atom. The van der Waals surface area contributed by atoms with Gasteiger partial charge in [0.25, 0.3) is 0 Å². The number of ether oxygens (including phenoxy) is 1. The van der Waals surface area contributed by atoms with E-state index in [0.717, 1.165) is 5.56 Å². The Hall–Kier alpha value is -2.28. The van der Waals surface area contributed by atoms with Crippen LogP contribution < -0.4 is 5.48 Å². The van der Waals surface area contributed by atoms with Crippen molar-refractivity contribution in [1.29, 1.82) is 0 Å². The number of carbonyl (C=O) groups excluding carboxylic acids is 1. The first-order valence-electron chi connectivity index (χ1n) is 6.87. The van der Waals surface area contributed by atoms with Crippen molar-refractivity contribution >= 4 is 17.7 Å². The predicted molar refractivity (Wildman–Crippen MR) is 79.2 cm³/mol. The molecule has 0 aromatic heterocycles. The zero-order valence-corrected chi connectivity index (χ0v) is 13.0. The maximum atomic E-state index is 12.3. The molecule has 1 aliphatic rings. The van der Waals surface area contributed by atoms with Crippen molar-refractivity contribution in [1.82, 2.24) is 4.90 Å². The Morgan fingerprint density at radius 3 is 2.59 bits per heavy atom. The maximum Gasteiger partial charge on any atom is 0.411 e. The van der Waals surface area contributed by atoms with E-state index in [0.29, 0.717) is 11.3 Å². The fraction of sp³-hybridized carbons (Fsp3) is 0.467. The summed E-state index contributed by atoms with van der Waals surface area (Å²) in [5, 5.41) is 9.50. The minimum absolute atomic E-state index is 0.203. The van der Waals surface area contributed by atoms with E-state index in [-0.39, 0.29) is 6.54 Å². The maximum absolute atomic E-state index is 12.3. The van der Waals surface area contributed by atoms with Crippen LogP contribution >= 0.6 is 0 Å². The molecule has 22 heavy (non-hydrogen) atoms. The van der Waals surface area contributed by atoms with E-state index in [9.17, 15) is 14.7 Å². The summed E-state index contributed by atoms with van der Waals surface area (Å²) >= 11 is 0. The van der Waals surface area contributed by atoms with Gasteiger partial charge in [-0.15, -0.1) is 0 Å². The van der Waals surface area contributed by atoms with Crippen molar-refractivity contribution in [3.8, 4) is 0 Å². The van der Waals surface area contributed by atoms with Gasteiger partial charge in [-0.05, 0) is 44.0 Å². The van der Waals surface area contributed by atoms with Gasteiger partial charge in [-0.2, -0.15) is 0 Å². The molecule has 2 rings (SSSR count). The summed E-state index contributed by atoms with van der Waals surface area (Å²) in [6.45, 7) is 5.42. The number of rotatable bonds is 3. The molecular weight excluding hydrogens is 288 g/mol. The molecule has 0 bridgehead atoms. The number of fused-ring (bicyclic) bond motifs is 1. The first-order chi connectivity index (χ1) is 10.2. The summed E-state index contributed by atoms with van der Waals surface area (Å²) in [7, 11) is 1.47. The van der Waals surface area contributed by atoms with Gasteiger partial charge in [-0.3, -0.25) is 15.2 Å². The second-order valence-electron chi connectivity index (χ2n) is 6.07. The van der Waals surface area contributed by atoms with Crippen LogP contribution in [0.15, 0.2) is 18.2 Å². The molecular formula is C15H20N2O5. The van der Waals surface area contributed by atoms with Gasteiger partial charge in [0.15, 0.2) is 6.04 Å². The van der Waals surface area contributed by atoms with E-state index in [4.69, 9.17) is 9.57 Å². The molecule has 1 heterocycles. The van der Waals surface area contributed by atoms with Crippen LogP contribution in [0.1, 0.15) is 37.9 Å². The minimum Gasteiger partial charge on any atom is -0.479 e. The SMILES string of the molecule is CONc1ccc2c(c1)C(C(=O)O)N(C(=O)OC(C)(C)C)C2. The number of hydrogen-bond donors (Lipinski definition) is 2. The summed E-state index contributed by atoms with van der Waals surface area (Å²) in [6, 6.07) is 4.14. The number of amides is 1. The van der Waals surface area contributed by atoms with Crippen LogP contribution in [-0.2, 0) is 20.9 Å². The first-order valence-corrected chi connectivity index (χ1v) is 6.87. The first kappa shape index (κ1) is 16.1. The fourth-order valence-electron chi connectivity index (χ4n) is 2.37. The normalized spacial score (nSPS) is 17.1. The number of nitrogens with one attached hydrogen (secondary N) is 1. The summed E-state index contributed by atoms with van der Waals surface area (Å²) < 4.78 is 5.29. The van der Waals surface area contributed by atoms with Crippen LogP contribution in [0.4, 0.5) is 10.5 Å². The van der Waals surface area contributed by atoms with Gasteiger partial charge in [-0.25, -0.2) is 9.59 Å². The largest absolute Gasteiger partial charge is 0.479 e. The van der Waals surface area contributed by atoms with Gasteiger partial charge in [0, 0.05) is 0 Å². The average Bonchev–Trinajstić information content (AvgIpc) is 2.76. The van der Waals surface area contributed by atoms with Crippen LogP contribution in [-0.4, -0.2) is 34.8 Å². The van der Waals surface area contributed by atoms with Crippen LogP contribution in [0, 0.1) is 0 Å². The summed E-state index contributed by atoms with van der Waals surface area (Å²) in [5.41, 5.74) is 3.93. The van der Waals surface area contributed by atoms with Crippen LogP contribution in [0.3, 0.4) is 0 Å². The molecule has 1 amide bonds. The third kappa shape index (κ3) is 3.30. The standard InChI is InChI=1S/C15H20N2O5/c1-15(2,3)22-14(20)17-8-9-5-6-10(16-21-4)7-11(9)12(17)13(18)19/h5-7,12,16H,8H2,1-4H3,(H,18,19). The second-order valence-corrected chi connectivity index (χ2v) is 6.07. The number of aliphatic carboxylic acids is 1. The highest BCUT2D eigenvalue weighted by atomic mass is 16.6. The Bertz CT molecular complexity index is 594. The number of benzene rings is 1. The van der Waals surface area contributed by atoms with E-state index in [1.165, 1.54) is 12.0 Å². The smallest absolute Gasteiger partial charge is 0.411 e. The number of carboxylic acid groups (broad SMARTS) is 1. The lowest BCUT2D eigenvalue weighted by Crippen LogP contribution is -2.38. The molecule has 0 spiro atoms. The van der Waals surface area contributed by atoms with Gasteiger partial charge in [0.2, 0.25) is 0 Å². The van der Waals surface area contributed by atoms with Gasteiger partial charge in [0.05, 0.1) is 19.3 Å². The van der Waals surface area contributed by atoms with E-state index in [2.05, 4.69) is 5.48 Å². The van der Waals surface area contributed by atoms with E-state index in [1.54, 1.807) is 39.0 Å². The van der Waals surface area contributed by atoms with E-state index >= 15 is 0 Å². The molecule has 0 aliphatic carbocycles. The summed E-state index contributed by atoms with van der Waals surface area (Å²) in [5.74, 6) is -1.10. The molecule has 2 N–H and O–H groups in total. The Morgan fingerprint density at radius 2 is 2.05 bits per heavy atom. The van der Waals surface area contributed by atoms with Gasteiger partial charge in [0.1, 0.15) is 5.60 Å². The molecule has 1 unspecified atom stereocenters. The van der Waals surface area contributed by atoms with Gasteiger partial charge >= 0.3 is 12.1 Å². The number of nitrogens with zero attached hydrogens (tertiary/aromatic N) is 1. The summed E-state index contributed by atoms with van der Waals surface area (Å²) in [4.78, 5) is 29.9. The average molecular weight is 308 g/mol. The van der Waals surface area contributed by atoms with Crippen molar-refractivity contribution in [2.24, 2.45) is 0 Å². The fourth-order valence-corrected chi connectivity index (χ4v) is 2.37. The number of carbonyl (C=O) groups is 2. The Balaban J connectivity index is 2.32. The van der Waals surface area contributed by atoms with Crippen LogP contribution in [0.25, 0.3) is 0 Å². The number of hydrogen-bond acceptors (Lipinski definition) is 5. The lowest BCUT2D eigenvalue weighted by Gasteiger charge is -2.27. The third-order valence-corrected chi connectivity index (χ3v) is 3.17. The zero-order chi connectivity index (χ0) is 16.5. The van der Waals surface area contributed by atoms with Crippen molar-refractivity contribution in [2.75, 3.05) is 12.6 Å². The van der Waals surface area contributed by atoms with Gasteiger partial charge < -0.3 is 9.84 Å². The highest BCUT2D eigenvalue weighted by Gasteiger charge is 2.40. The minimum atomic E-state index is -1.10. The highest BCUT2D eigenvalue weighted by molar-refractivity contribution is 5.84. The number of carboxylic acids is 1. The molecule has 0 radical (unpaired) electrons. The predicted octanol–water partition coefficient (Wildman–Crippen LogP) is 2.54. The monoisotopic (exact) mass is 308 g/mol. The molecule has 7 nitrogen and oxygen atoms in total. The molecule has 1 aliphatic heterocycles. The Labute approximate surface area is 128 Å². The zero-order valence-electron chi connectivity index (χ0n) is 13.0. The topological polar surface area (TPSA) is 88.1 Å². The van der Waals surface area contributed by atoms with Gasteiger partial charge in [-0.1, -0.05) is 6.07 Å². The quantitative estimate of drug-likeness (QED) is 0.834. The van der Waals surface area contributed by atoms with E-state index in [1.807, 2.05) is 0 Å². The van der Waals surface area contributed by atoms with Crippen LogP contribution in [0.2, 0.25) is 0 Å². The van der Waals surface area contributed by atoms with E-state index < -0.39 is 23.7 Å². The third-order valence-electron chi connectivity index (χ3n) is 3.17. The Kier molecular flexibility index (Phi) is 4.27.